The minimum atomic E-state index is 0.195. The van der Waals surface area contributed by atoms with Crippen LogP contribution in [0.2, 0.25) is 0 Å². The number of rotatable bonds is 3. The summed E-state index contributed by atoms with van der Waals surface area (Å²) in [6.07, 6.45) is 0. The van der Waals surface area contributed by atoms with Crippen molar-refractivity contribution in [3.05, 3.63) is 35.4 Å². The van der Waals surface area contributed by atoms with Gasteiger partial charge in [-0.3, -0.25) is 9.69 Å². The monoisotopic (exact) mass is 260 g/mol. The molecule has 104 valence electrons. The van der Waals surface area contributed by atoms with Gasteiger partial charge in [-0.15, -0.1) is 0 Å². The van der Waals surface area contributed by atoms with Crippen LogP contribution in [-0.4, -0.2) is 41.9 Å². The Hall–Kier alpha value is -1.35. The Labute approximate surface area is 116 Å². The highest BCUT2D eigenvalue weighted by Gasteiger charge is 2.18. The van der Waals surface area contributed by atoms with Crippen LogP contribution in [0.15, 0.2) is 24.3 Å². The molecule has 1 aliphatic rings. The maximum Gasteiger partial charge on any atom is 0.219 e. The van der Waals surface area contributed by atoms with Crippen molar-refractivity contribution in [1.29, 1.82) is 0 Å². The van der Waals surface area contributed by atoms with Crippen molar-refractivity contribution < 1.29 is 4.79 Å². The highest BCUT2D eigenvalue weighted by Crippen LogP contribution is 2.16. The van der Waals surface area contributed by atoms with Gasteiger partial charge in [-0.2, -0.15) is 0 Å². The SMILES string of the molecule is CC(=O)N1CCN(Cc2ccc(C(C)C)cc2)CC1. The van der Waals surface area contributed by atoms with Gasteiger partial charge in [0, 0.05) is 39.6 Å². The van der Waals surface area contributed by atoms with Crippen LogP contribution in [0.1, 0.15) is 37.8 Å². The zero-order valence-electron chi connectivity index (χ0n) is 12.2. The summed E-state index contributed by atoms with van der Waals surface area (Å²) in [5, 5.41) is 0. The van der Waals surface area contributed by atoms with Crippen LogP contribution in [-0.2, 0) is 11.3 Å². The van der Waals surface area contributed by atoms with E-state index in [1.54, 1.807) is 6.92 Å². The molecular formula is C16H24N2O. The largest absolute Gasteiger partial charge is 0.340 e. The minimum absolute atomic E-state index is 0.195. The van der Waals surface area contributed by atoms with Crippen LogP contribution in [0.3, 0.4) is 0 Å². The van der Waals surface area contributed by atoms with Gasteiger partial charge in [0.1, 0.15) is 0 Å². The molecule has 1 amide bonds. The molecule has 0 bridgehead atoms. The van der Waals surface area contributed by atoms with Crippen LogP contribution >= 0.6 is 0 Å². The summed E-state index contributed by atoms with van der Waals surface area (Å²) in [5.74, 6) is 0.786. The van der Waals surface area contributed by atoms with Crippen LogP contribution < -0.4 is 0 Å². The van der Waals surface area contributed by atoms with Gasteiger partial charge in [0.15, 0.2) is 0 Å². The van der Waals surface area contributed by atoms with Crippen molar-refractivity contribution in [3.8, 4) is 0 Å². The van der Waals surface area contributed by atoms with E-state index in [1.165, 1.54) is 11.1 Å². The van der Waals surface area contributed by atoms with E-state index in [0.29, 0.717) is 5.92 Å². The lowest BCUT2D eigenvalue weighted by Gasteiger charge is -2.34. The highest BCUT2D eigenvalue weighted by molar-refractivity contribution is 5.73. The van der Waals surface area contributed by atoms with Crippen LogP contribution in [0, 0.1) is 0 Å². The van der Waals surface area contributed by atoms with Gasteiger partial charge in [-0.05, 0) is 17.0 Å². The average molecular weight is 260 g/mol. The summed E-state index contributed by atoms with van der Waals surface area (Å²) >= 11 is 0. The fourth-order valence-electron chi connectivity index (χ4n) is 2.49. The van der Waals surface area contributed by atoms with Gasteiger partial charge in [0.05, 0.1) is 0 Å². The minimum Gasteiger partial charge on any atom is -0.340 e. The summed E-state index contributed by atoms with van der Waals surface area (Å²) in [7, 11) is 0. The summed E-state index contributed by atoms with van der Waals surface area (Å²) in [6, 6.07) is 8.91. The van der Waals surface area contributed by atoms with Crippen LogP contribution in [0.4, 0.5) is 0 Å². The lowest BCUT2D eigenvalue weighted by molar-refractivity contribution is -0.130. The van der Waals surface area contributed by atoms with E-state index in [1.807, 2.05) is 4.90 Å². The highest BCUT2D eigenvalue weighted by atomic mass is 16.2. The molecule has 3 heteroatoms. The third kappa shape index (κ3) is 3.80. The molecule has 1 aromatic rings. The second-order valence-electron chi connectivity index (χ2n) is 5.68. The number of carbonyl (C=O) groups is 1. The molecule has 2 rings (SSSR count). The molecule has 0 unspecified atom stereocenters. The summed E-state index contributed by atoms with van der Waals surface area (Å²) < 4.78 is 0. The molecule has 1 saturated heterocycles. The Morgan fingerprint density at radius 3 is 2.16 bits per heavy atom. The number of carbonyl (C=O) groups excluding carboxylic acids is 1. The Morgan fingerprint density at radius 2 is 1.68 bits per heavy atom. The molecule has 0 N–H and O–H groups in total. The van der Waals surface area contributed by atoms with Crippen molar-refractivity contribution >= 4 is 5.91 Å². The molecular weight excluding hydrogens is 236 g/mol. The number of benzene rings is 1. The van der Waals surface area contributed by atoms with E-state index >= 15 is 0 Å². The van der Waals surface area contributed by atoms with E-state index in [9.17, 15) is 4.79 Å². The number of amides is 1. The number of hydrogen-bond donors (Lipinski definition) is 0. The maximum atomic E-state index is 11.3. The van der Waals surface area contributed by atoms with Crippen molar-refractivity contribution in [3.63, 3.8) is 0 Å². The molecule has 0 spiro atoms. The first-order chi connectivity index (χ1) is 9.06. The number of piperazine rings is 1. The maximum absolute atomic E-state index is 11.3. The standard InChI is InChI=1S/C16H24N2O/c1-13(2)16-6-4-15(5-7-16)12-17-8-10-18(11-9-17)14(3)19/h4-7,13H,8-12H2,1-3H3. The van der Waals surface area contributed by atoms with Gasteiger partial charge in [0.25, 0.3) is 0 Å². The van der Waals surface area contributed by atoms with E-state index in [4.69, 9.17) is 0 Å². The van der Waals surface area contributed by atoms with Gasteiger partial charge in [-0.1, -0.05) is 38.1 Å². The third-order valence-corrected chi connectivity index (χ3v) is 3.87. The van der Waals surface area contributed by atoms with E-state index in [2.05, 4.69) is 43.0 Å². The molecule has 0 aromatic heterocycles. The summed E-state index contributed by atoms with van der Waals surface area (Å²) in [6.45, 7) is 10.8. The molecule has 1 aliphatic heterocycles. The predicted octanol–water partition coefficient (Wildman–Crippen LogP) is 2.47. The molecule has 0 atom stereocenters. The normalized spacial score (nSPS) is 16.9. The van der Waals surface area contributed by atoms with Gasteiger partial charge in [-0.25, -0.2) is 0 Å². The molecule has 1 fully saturated rings. The smallest absolute Gasteiger partial charge is 0.219 e. The first-order valence-corrected chi connectivity index (χ1v) is 7.13. The van der Waals surface area contributed by atoms with Crippen molar-refractivity contribution in [2.45, 2.75) is 33.2 Å². The van der Waals surface area contributed by atoms with Crippen LogP contribution in [0.25, 0.3) is 0 Å². The van der Waals surface area contributed by atoms with E-state index in [-0.39, 0.29) is 5.91 Å². The first kappa shape index (κ1) is 14.1. The van der Waals surface area contributed by atoms with E-state index < -0.39 is 0 Å². The molecule has 1 aromatic carbocycles. The number of nitrogens with zero attached hydrogens (tertiary/aromatic N) is 2. The lowest BCUT2D eigenvalue weighted by Crippen LogP contribution is -2.47. The second kappa shape index (κ2) is 6.20. The van der Waals surface area contributed by atoms with Gasteiger partial charge in [0.2, 0.25) is 5.91 Å². The predicted molar refractivity (Wildman–Crippen MR) is 78.1 cm³/mol. The zero-order valence-corrected chi connectivity index (χ0v) is 12.2. The molecule has 1 heterocycles. The van der Waals surface area contributed by atoms with Crippen molar-refractivity contribution in [1.82, 2.24) is 9.80 Å². The number of hydrogen-bond acceptors (Lipinski definition) is 2. The van der Waals surface area contributed by atoms with Crippen molar-refractivity contribution in [2.24, 2.45) is 0 Å². The molecule has 19 heavy (non-hydrogen) atoms. The molecule has 0 aliphatic carbocycles. The summed E-state index contributed by atoms with van der Waals surface area (Å²) in [4.78, 5) is 15.6. The Bertz CT molecular complexity index is 417. The quantitative estimate of drug-likeness (QED) is 0.833. The average Bonchev–Trinajstić information content (AvgIpc) is 2.40. The van der Waals surface area contributed by atoms with Gasteiger partial charge >= 0.3 is 0 Å². The van der Waals surface area contributed by atoms with E-state index in [0.717, 1.165) is 32.7 Å². The first-order valence-electron chi connectivity index (χ1n) is 7.13. The molecule has 3 nitrogen and oxygen atoms in total. The van der Waals surface area contributed by atoms with Gasteiger partial charge < -0.3 is 4.90 Å². The Balaban J connectivity index is 1.87. The van der Waals surface area contributed by atoms with Crippen LogP contribution in [0.5, 0.6) is 0 Å². The zero-order chi connectivity index (χ0) is 13.8. The Morgan fingerprint density at radius 1 is 1.11 bits per heavy atom. The fourth-order valence-corrected chi connectivity index (χ4v) is 2.49. The molecule has 0 radical (unpaired) electrons. The Kier molecular flexibility index (Phi) is 4.59. The lowest BCUT2D eigenvalue weighted by atomic mass is 10.0. The third-order valence-electron chi connectivity index (χ3n) is 3.87. The van der Waals surface area contributed by atoms with Crippen molar-refractivity contribution in [2.75, 3.05) is 26.2 Å². The fraction of sp³-hybridized carbons (Fsp3) is 0.562. The second-order valence-corrected chi connectivity index (χ2v) is 5.68. The summed E-state index contributed by atoms with van der Waals surface area (Å²) in [5.41, 5.74) is 2.76. The molecule has 0 saturated carbocycles. The topological polar surface area (TPSA) is 23.6 Å².